The predicted octanol–water partition coefficient (Wildman–Crippen LogP) is 3.43. The number of aryl methyl sites for hydroxylation is 1. The summed E-state index contributed by atoms with van der Waals surface area (Å²) in [7, 11) is 1.69. The highest BCUT2D eigenvalue weighted by Crippen LogP contribution is 2.15. The van der Waals surface area contributed by atoms with Gasteiger partial charge in [0, 0.05) is 18.8 Å². The number of nitrogens with zero attached hydrogens (tertiary/aromatic N) is 2. The van der Waals surface area contributed by atoms with Gasteiger partial charge in [0.15, 0.2) is 0 Å². The van der Waals surface area contributed by atoms with Crippen molar-refractivity contribution in [3.8, 4) is 11.3 Å². The Labute approximate surface area is 114 Å². The Hall–Kier alpha value is -2.42. The van der Waals surface area contributed by atoms with E-state index in [-0.39, 0.29) is 0 Å². The summed E-state index contributed by atoms with van der Waals surface area (Å²) in [5.41, 5.74) is 3.40. The minimum Gasteiger partial charge on any atom is -0.354 e. The summed E-state index contributed by atoms with van der Waals surface area (Å²) in [5.74, 6) is 0. The van der Waals surface area contributed by atoms with Crippen molar-refractivity contribution in [3.05, 3.63) is 67.0 Å². The van der Waals surface area contributed by atoms with Gasteiger partial charge in [-0.1, -0.05) is 43.0 Å². The van der Waals surface area contributed by atoms with E-state index in [1.54, 1.807) is 19.6 Å². The molecule has 0 spiro atoms. The quantitative estimate of drug-likeness (QED) is 0.672. The first-order valence-corrected chi connectivity index (χ1v) is 6.03. The van der Waals surface area contributed by atoms with Crippen molar-refractivity contribution in [1.29, 1.82) is 0 Å². The molecule has 1 N–H and O–H groups in total. The highest BCUT2D eigenvalue weighted by atomic mass is 14.9. The molecule has 98 valence electrons. The molecule has 1 aromatic heterocycles. The summed E-state index contributed by atoms with van der Waals surface area (Å²) in [4.78, 5) is 7.97. The standard InChI is InChI=1S/C12H11N.C4H8N2/c1-10-7-8-12(13-9-10)11-5-3-2-4-6-11;1-3-6-4-5-2/h2-9H,1H3;3-4H,1H2,2H3,(H,5,6). The second kappa shape index (κ2) is 8.64. The molecule has 0 radical (unpaired) electrons. The highest BCUT2D eigenvalue weighted by Gasteiger charge is 1.95. The Morgan fingerprint density at radius 2 is 1.89 bits per heavy atom. The van der Waals surface area contributed by atoms with Crippen LogP contribution in [-0.4, -0.2) is 18.4 Å². The van der Waals surface area contributed by atoms with Crippen LogP contribution in [0.25, 0.3) is 11.3 Å². The zero-order valence-electron chi connectivity index (χ0n) is 11.4. The number of aromatic nitrogens is 1. The molecule has 3 heteroatoms. The first-order chi connectivity index (χ1) is 9.27. The molecule has 0 aliphatic carbocycles. The third-order valence-corrected chi connectivity index (χ3v) is 2.30. The molecule has 0 atom stereocenters. The van der Waals surface area contributed by atoms with E-state index in [0.717, 1.165) is 5.69 Å². The van der Waals surface area contributed by atoms with E-state index in [1.165, 1.54) is 11.1 Å². The molecule has 0 aliphatic rings. The zero-order valence-corrected chi connectivity index (χ0v) is 11.4. The average molecular weight is 253 g/mol. The first-order valence-electron chi connectivity index (χ1n) is 6.03. The third-order valence-electron chi connectivity index (χ3n) is 2.30. The van der Waals surface area contributed by atoms with E-state index in [1.807, 2.05) is 37.4 Å². The molecular formula is C16H19N3. The molecule has 0 fully saturated rings. The Morgan fingerprint density at radius 3 is 2.37 bits per heavy atom. The van der Waals surface area contributed by atoms with Gasteiger partial charge in [-0.05, 0) is 24.8 Å². The molecule has 19 heavy (non-hydrogen) atoms. The molecule has 1 heterocycles. The number of rotatable bonds is 3. The minimum atomic E-state index is 1.03. The molecule has 1 aromatic carbocycles. The van der Waals surface area contributed by atoms with Gasteiger partial charge in [-0.25, -0.2) is 0 Å². The molecule has 0 unspecified atom stereocenters. The largest absolute Gasteiger partial charge is 0.354 e. The van der Waals surface area contributed by atoms with Gasteiger partial charge in [0.1, 0.15) is 0 Å². The maximum atomic E-state index is 4.35. The van der Waals surface area contributed by atoms with Gasteiger partial charge >= 0.3 is 0 Å². The number of hydrogen-bond acceptors (Lipinski definition) is 2. The second-order valence-electron chi connectivity index (χ2n) is 3.84. The summed E-state index contributed by atoms with van der Waals surface area (Å²) in [6.07, 6.45) is 5.02. The van der Waals surface area contributed by atoms with E-state index in [9.17, 15) is 0 Å². The lowest BCUT2D eigenvalue weighted by atomic mass is 10.1. The van der Waals surface area contributed by atoms with Gasteiger partial charge in [0.25, 0.3) is 0 Å². The fourth-order valence-corrected chi connectivity index (χ4v) is 1.37. The van der Waals surface area contributed by atoms with Gasteiger partial charge in [-0.15, -0.1) is 0 Å². The van der Waals surface area contributed by atoms with Crippen LogP contribution in [0.4, 0.5) is 0 Å². The van der Waals surface area contributed by atoms with E-state index in [2.05, 4.69) is 40.1 Å². The van der Waals surface area contributed by atoms with Gasteiger partial charge in [0.2, 0.25) is 0 Å². The molecule has 0 aliphatic heterocycles. The topological polar surface area (TPSA) is 37.3 Å². The Bertz CT molecular complexity index is 501. The molecule has 3 nitrogen and oxygen atoms in total. The molecule has 0 saturated heterocycles. The number of aliphatic imine (C=N–C) groups is 1. The van der Waals surface area contributed by atoms with E-state index in [4.69, 9.17) is 0 Å². The number of hydrogen-bond donors (Lipinski definition) is 1. The molecule has 0 amide bonds. The smallest absolute Gasteiger partial charge is 0.0859 e. The molecule has 0 bridgehead atoms. The summed E-state index contributed by atoms with van der Waals surface area (Å²) >= 11 is 0. The highest BCUT2D eigenvalue weighted by molar-refractivity contribution is 5.58. The van der Waals surface area contributed by atoms with Crippen molar-refractivity contribution in [3.63, 3.8) is 0 Å². The average Bonchev–Trinajstić information content (AvgIpc) is 2.47. The van der Waals surface area contributed by atoms with Crippen molar-refractivity contribution in [2.45, 2.75) is 6.92 Å². The summed E-state index contributed by atoms with van der Waals surface area (Å²) in [6.45, 7) is 5.44. The maximum Gasteiger partial charge on any atom is 0.0859 e. The normalized spacial score (nSPS) is 9.58. The van der Waals surface area contributed by atoms with Crippen LogP contribution in [-0.2, 0) is 0 Å². The molecule has 2 aromatic rings. The lowest BCUT2D eigenvalue weighted by Crippen LogP contribution is -1.97. The number of benzene rings is 1. The SMILES string of the molecule is C=CNC=NC.Cc1ccc(-c2ccccc2)nc1. The van der Waals surface area contributed by atoms with Gasteiger partial charge in [0.05, 0.1) is 12.0 Å². The van der Waals surface area contributed by atoms with Crippen LogP contribution in [0.1, 0.15) is 5.56 Å². The predicted molar refractivity (Wildman–Crippen MR) is 82.2 cm³/mol. The van der Waals surface area contributed by atoms with Crippen LogP contribution in [0.15, 0.2) is 66.4 Å². The van der Waals surface area contributed by atoms with Gasteiger partial charge in [-0.2, -0.15) is 0 Å². The van der Waals surface area contributed by atoms with Crippen LogP contribution in [0.3, 0.4) is 0 Å². The van der Waals surface area contributed by atoms with E-state index in [0.29, 0.717) is 0 Å². The van der Waals surface area contributed by atoms with Gasteiger partial charge in [-0.3, -0.25) is 9.98 Å². The molecule has 2 rings (SSSR count). The van der Waals surface area contributed by atoms with Crippen molar-refractivity contribution < 1.29 is 0 Å². The lowest BCUT2D eigenvalue weighted by Gasteiger charge is -1.99. The van der Waals surface area contributed by atoms with Crippen LogP contribution in [0, 0.1) is 6.92 Å². The second-order valence-corrected chi connectivity index (χ2v) is 3.84. The van der Waals surface area contributed by atoms with Crippen LogP contribution < -0.4 is 5.32 Å². The van der Waals surface area contributed by atoms with E-state index >= 15 is 0 Å². The van der Waals surface area contributed by atoms with E-state index < -0.39 is 0 Å². The lowest BCUT2D eigenvalue weighted by molar-refractivity contribution is 1.27. The van der Waals surface area contributed by atoms with Crippen molar-refractivity contribution >= 4 is 6.34 Å². The summed E-state index contributed by atoms with van der Waals surface area (Å²) < 4.78 is 0. The minimum absolute atomic E-state index is 1.03. The zero-order chi connectivity index (χ0) is 13.9. The molecular weight excluding hydrogens is 234 g/mol. The summed E-state index contributed by atoms with van der Waals surface area (Å²) in [5, 5.41) is 2.67. The van der Waals surface area contributed by atoms with Crippen molar-refractivity contribution in [2.24, 2.45) is 4.99 Å². The first kappa shape index (κ1) is 14.6. The fraction of sp³-hybridized carbons (Fsp3) is 0.125. The Balaban J connectivity index is 0.000000258. The van der Waals surface area contributed by atoms with Crippen LogP contribution in [0.2, 0.25) is 0 Å². The maximum absolute atomic E-state index is 4.35. The van der Waals surface area contributed by atoms with Crippen molar-refractivity contribution in [1.82, 2.24) is 10.3 Å². The third kappa shape index (κ3) is 5.64. The van der Waals surface area contributed by atoms with Crippen molar-refractivity contribution in [2.75, 3.05) is 7.05 Å². The Morgan fingerprint density at radius 1 is 1.16 bits per heavy atom. The number of nitrogens with one attached hydrogen (secondary N) is 1. The van der Waals surface area contributed by atoms with Gasteiger partial charge < -0.3 is 5.32 Å². The van der Waals surface area contributed by atoms with Crippen LogP contribution >= 0.6 is 0 Å². The summed E-state index contributed by atoms with van der Waals surface area (Å²) in [6, 6.07) is 14.3. The fourth-order valence-electron chi connectivity index (χ4n) is 1.37. The molecule has 0 saturated carbocycles. The monoisotopic (exact) mass is 253 g/mol. The Kier molecular flexibility index (Phi) is 6.66. The van der Waals surface area contributed by atoms with Crippen LogP contribution in [0.5, 0.6) is 0 Å². The number of pyridine rings is 1.